The number of ether oxygens (including phenoxy) is 1. The largest absolute Gasteiger partial charge is 0.479 e. The first-order valence-corrected chi connectivity index (χ1v) is 8.77. The molecule has 1 aromatic carbocycles. The normalized spacial score (nSPS) is 17.8. The third-order valence-electron chi connectivity index (χ3n) is 4.32. The first-order valence-electron chi connectivity index (χ1n) is 8.77. The summed E-state index contributed by atoms with van der Waals surface area (Å²) in [6.45, 7) is 9.03. The third-order valence-corrected chi connectivity index (χ3v) is 4.32. The maximum absolute atomic E-state index is 12.9. The molecule has 6 heteroatoms. The first kappa shape index (κ1) is 19.2. The van der Waals surface area contributed by atoms with E-state index in [1.54, 1.807) is 31.2 Å². The summed E-state index contributed by atoms with van der Waals surface area (Å²) in [5.74, 6) is 0.402. The molecule has 1 aliphatic heterocycles. The summed E-state index contributed by atoms with van der Waals surface area (Å²) < 4.78 is 5.94. The Morgan fingerprint density at radius 1 is 1.24 bits per heavy atom. The van der Waals surface area contributed by atoms with Crippen LogP contribution in [-0.2, 0) is 4.79 Å². The summed E-state index contributed by atoms with van der Waals surface area (Å²) in [6.07, 6.45) is -0.978. The van der Waals surface area contributed by atoms with Crippen molar-refractivity contribution in [3.63, 3.8) is 0 Å². The number of hydrogen-bond acceptors (Lipinski definition) is 5. The van der Waals surface area contributed by atoms with Crippen LogP contribution in [0.5, 0.6) is 5.75 Å². The quantitative estimate of drug-likeness (QED) is 0.845. The van der Waals surface area contributed by atoms with Crippen molar-refractivity contribution < 1.29 is 14.6 Å². The van der Waals surface area contributed by atoms with Crippen LogP contribution in [0.1, 0.15) is 26.3 Å². The average molecular weight is 345 g/mol. The molecule has 1 aliphatic rings. The van der Waals surface area contributed by atoms with Gasteiger partial charge in [0.15, 0.2) is 6.10 Å². The van der Waals surface area contributed by atoms with E-state index in [1.807, 2.05) is 18.7 Å². The van der Waals surface area contributed by atoms with Crippen LogP contribution in [-0.4, -0.2) is 65.7 Å². The van der Waals surface area contributed by atoms with E-state index in [2.05, 4.69) is 11.0 Å². The van der Waals surface area contributed by atoms with Gasteiger partial charge in [-0.3, -0.25) is 9.69 Å². The number of β-amino-alcohol motifs (C(OH)–C–C–N with tert-alkyl or cyclic N) is 1. The lowest BCUT2D eigenvalue weighted by molar-refractivity contribution is -0.142. The fourth-order valence-corrected chi connectivity index (χ4v) is 2.97. The minimum atomic E-state index is -0.613. The van der Waals surface area contributed by atoms with E-state index in [1.165, 1.54) is 0 Å². The zero-order valence-corrected chi connectivity index (χ0v) is 15.2. The second-order valence-electron chi connectivity index (χ2n) is 6.87. The number of aliphatic hydroxyl groups excluding tert-OH is 1. The maximum atomic E-state index is 12.9. The van der Waals surface area contributed by atoms with Crippen molar-refractivity contribution >= 4 is 5.91 Å². The van der Waals surface area contributed by atoms with Gasteiger partial charge in [0.2, 0.25) is 0 Å². The highest BCUT2D eigenvalue weighted by Gasteiger charge is 2.31. The summed E-state index contributed by atoms with van der Waals surface area (Å²) in [4.78, 5) is 16.9. The van der Waals surface area contributed by atoms with E-state index < -0.39 is 6.10 Å². The number of benzene rings is 1. The second-order valence-corrected chi connectivity index (χ2v) is 6.87. The highest BCUT2D eigenvalue weighted by Crippen LogP contribution is 2.22. The zero-order valence-electron chi connectivity index (χ0n) is 15.2. The number of aliphatic hydroxyl groups is 1. The minimum absolute atomic E-state index is 0.00487. The molecule has 0 unspecified atom stereocenters. The number of carbonyl (C=O) groups is 1. The number of nitrogens with zero attached hydrogens (tertiary/aromatic N) is 3. The van der Waals surface area contributed by atoms with Crippen molar-refractivity contribution in [2.45, 2.75) is 33.0 Å². The van der Waals surface area contributed by atoms with Crippen molar-refractivity contribution in [2.24, 2.45) is 5.92 Å². The molecule has 136 valence electrons. The molecule has 1 amide bonds. The van der Waals surface area contributed by atoms with Gasteiger partial charge in [-0.2, -0.15) is 5.26 Å². The van der Waals surface area contributed by atoms with Gasteiger partial charge in [-0.05, 0) is 25.0 Å². The van der Waals surface area contributed by atoms with Gasteiger partial charge in [0, 0.05) is 32.7 Å². The van der Waals surface area contributed by atoms with Gasteiger partial charge in [0.25, 0.3) is 5.91 Å². The Kier molecular flexibility index (Phi) is 6.80. The van der Waals surface area contributed by atoms with Crippen molar-refractivity contribution in [1.29, 1.82) is 5.26 Å². The van der Waals surface area contributed by atoms with Crippen LogP contribution in [0.2, 0.25) is 0 Å². The molecule has 1 N–H and O–H groups in total. The molecule has 0 saturated carbocycles. The molecular formula is C19H27N3O3. The molecular weight excluding hydrogens is 318 g/mol. The number of para-hydroxylation sites is 1. The Hall–Kier alpha value is -2.10. The number of carbonyl (C=O) groups excluding carboxylic acids is 1. The minimum Gasteiger partial charge on any atom is -0.479 e. The van der Waals surface area contributed by atoms with Crippen molar-refractivity contribution in [2.75, 3.05) is 32.7 Å². The van der Waals surface area contributed by atoms with Gasteiger partial charge in [0.1, 0.15) is 11.8 Å². The van der Waals surface area contributed by atoms with Gasteiger partial charge in [-0.25, -0.2) is 0 Å². The van der Waals surface area contributed by atoms with Gasteiger partial charge in [-0.1, -0.05) is 26.0 Å². The van der Waals surface area contributed by atoms with Crippen LogP contribution in [0.4, 0.5) is 0 Å². The maximum Gasteiger partial charge on any atom is 0.264 e. The molecule has 0 aliphatic carbocycles. The van der Waals surface area contributed by atoms with E-state index in [0.717, 1.165) is 13.1 Å². The zero-order chi connectivity index (χ0) is 18.4. The number of nitriles is 1. The topological polar surface area (TPSA) is 76.8 Å². The van der Waals surface area contributed by atoms with Crippen molar-refractivity contribution in [3.8, 4) is 11.8 Å². The molecule has 0 bridgehead atoms. The van der Waals surface area contributed by atoms with Crippen LogP contribution >= 0.6 is 0 Å². The molecule has 1 heterocycles. The molecule has 25 heavy (non-hydrogen) atoms. The number of piperazine rings is 1. The predicted molar refractivity (Wildman–Crippen MR) is 95.1 cm³/mol. The van der Waals surface area contributed by atoms with E-state index in [-0.39, 0.29) is 17.9 Å². The first-order chi connectivity index (χ1) is 11.9. The number of rotatable bonds is 6. The fraction of sp³-hybridized carbons (Fsp3) is 0.579. The van der Waals surface area contributed by atoms with Gasteiger partial charge >= 0.3 is 0 Å². The van der Waals surface area contributed by atoms with Crippen LogP contribution in [0.3, 0.4) is 0 Å². The average Bonchev–Trinajstić information content (AvgIpc) is 2.59. The lowest BCUT2D eigenvalue weighted by Gasteiger charge is -2.37. The lowest BCUT2D eigenvalue weighted by atomic mass is 10.0. The van der Waals surface area contributed by atoms with Gasteiger partial charge in [0.05, 0.1) is 11.7 Å². The summed E-state index contributed by atoms with van der Waals surface area (Å²) in [5, 5.41) is 18.7. The summed E-state index contributed by atoms with van der Waals surface area (Å²) in [7, 11) is 0. The standard InChI is InChI=1S/C19H27N3O3/c1-14(2)18(25-17-7-5-4-6-16(17)12-20)19(24)22-10-8-21(9-11-22)13-15(3)23/h4-7,14-15,18,23H,8-11,13H2,1-3H3/t15-,18+/m1/s1. The fourth-order valence-electron chi connectivity index (χ4n) is 2.97. The predicted octanol–water partition coefficient (Wildman–Crippen LogP) is 1.49. The van der Waals surface area contributed by atoms with Gasteiger partial charge < -0.3 is 14.7 Å². The summed E-state index contributed by atoms with van der Waals surface area (Å²) in [6, 6.07) is 9.09. The van der Waals surface area contributed by atoms with Crippen LogP contribution < -0.4 is 4.74 Å². The Labute approximate surface area is 149 Å². The number of hydrogen-bond donors (Lipinski definition) is 1. The Bertz CT molecular complexity index is 617. The van der Waals surface area contributed by atoms with Gasteiger partial charge in [-0.15, -0.1) is 0 Å². The monoisotopic (exact) mass is 345 g/mol. The molecule has 2 atom stereocenters. The van der Waals surface area contributed by atoms with Crippen molar-refractivity contribution in [1.82, 2.24) is 9.80 Å². The molecule has 0 radical (unpaired) electrons. The van der Waals surface area contributed by atoms with Crippen LogP contribution in [0, 0.1) is 17.2 Å². The molecule has 0 aromatic heterocycles. The molecule has 1 saturated heterocycles. The highest BCUT2D eigenvalue weighted by atomic mass is 16.5. The van der Waals surface area contributed by atoms with Crippen LogP contribution in [0.25, 0.3) is 0 Å². The SMILES string of the molecule is CC(C)[C@H](Oc1ccccc1C#N)C(=O)N1CCN(C[C@@H](C)O)CC1. The molecule has 6 nitrogen and oxygen atoms in total. The number of amides is 1. The van der Waals surface area contributed by atoms with E-state index in [9.17, 15) is 15.2 Å². The lowest BCUT2D eigenvalue weighted by Crippen LogP contribution is -2.54. The Morgan fingerprint density at radius 2 is 1.88 bits per heavy atom. The van der Waals surface area contributed by atoms with E-state index in [4.69, 9.17) is 4.74 Å². The Morgan fingerprint density at radius 3 is 2.44 bits per heavy atom. The summed E-state index contributed by atoms with van der Waals surface area (Å²) >= 11 is 0. The Balaban J connectivity index is 2.03. The third kappa shape index (κ3) is 5.18. The molecule has 1 fully saturated rings. The van der Waals surface area contributed by atoms with Crippen LogP contribution in [0.15, 0.2) is 24.3 Å². The molecule has 0 spiro atoms. The van der Waals surface area contributed by atoms with E-state index >= 15 is 0 Å². The van der Waals surface area contributed by atoms with E-state index in [0.29, 0.717) is 30.9 Å². The molecule has 2 rings (SSSR count). The highest BCUT2D eigenvalue weighted by molar-refractivity contribution is 5.81. The van der Waals surface area contributed by atoms with Crippen molar-refractivity contribution in [3.05, 3.63) is 29.8 Å². The summed E-state index contributed by atoms with van der Waals surface area (Å²) in [5.41, 5.74) is 0.433. The molecule has 1 aromatic rings. The smallest absolute Gasteiger partial charge is 0.264 e. The second kappa shape index (κ2) is 8.84.